The number of nitrogens with one attached hydrogen (secondary N) is 2. The number of carbonyl (C=O) groups is 1. The Kier molecular flexibility index (Phi) is 7.46. The lowest BCUT2D eigenvalue weighted by molar-refractivity contribution is -0.117. The molecule has 1 fully saturated rings. The first kappa shape index (κ1) is 20.4. The first-order valence-corrected chi connectivity index (χ1v) is 10.2. The zero-order chi connectivity index (χ0) is 19.8. The number of amides is 1. The van der Waals surface area contributed by atoms with Gasteiger partial charge in [-0.3, -0.25) is 4.79 Å². The van der Waals surface area contributed by atoms with Crippen LogP contribution < -0.4 is 21.1 Å². The number of hydrogen-bond donors (Lipinski definition) is 3. The van der Waals surface area contributed by atoms with Crippen LogP contribution in [-0.4, -0.2) is 25.1 Å². The molecule has 1 atom stereocenters. The maximum atomic E-state index is 12.4. The van der Waals surface area contributed by atoms with E-state index >= 15 is 0 Å². The number of benzene rings is 2. The summed E-state index contributed by atoms with van der Waals surface area (Å²) < 4.78 is 5.15. The van der Waals surface area contributed by atoms with E-state index in [0.29, 0.717) is 12.5 Å². The average molecular weight is 382 g/mol. The highest BCUT2D eigenvalue weighted by Gasteiger charge is 2.15. The summed E-state index contributed by atoms with van der Waals surface area (Å²) in [6, 6.07) is 15.7. The molecule has 2 aromatic carbocycles. The number of carbonyl (C=O) groups excluding carboxylic acids is 1. The van der Waals surface area contributed by atoms with E-state index in [9.17, 15) is 4.79 Å². The monoisotopic (exact) mass is 381 g/mol. The lowest BCUT2D eigenvalue weighted by Crippen LogP contribution is -2.37. The predicted octanol–water partition coefficient (Wildman–Crippen LogP) is 3.63. The molecule has 0 bridgehead atoms. The van der Waals surface area contributed by atoms with Crippen LogP contribution in [0.2, 0.25) is 0 Å². The molecule has 0 saturated heterocycles. The lowest BCUT2D eigenvalue weighted by atomic mass is 9.95. The minimum absolute atomic E-state index is 0.177. The largest absolute Gasteiger partial charge is 0.497 e. The first-order chi connectivity index (χ1) is 13.6. The summed E-state index contributed by atoms with van der Waals surface area (Å²) in [5.74, 6) is 0.615. The Hall–Kier alpha value is -2.37. The molecule has 0 radical (unpaired) electrons. The smallest absolute Gasteiger partial charge is 0.241 e. The number of anilines is 1. The SMILES string of the molecule is COc1ccc(CC(N)C(=O)Nc2ccc(CNC3CCCCC3)cc2)cc1. The van der Waals surface area contributed by atoms with Crippen LogP contribution in [0.5, 0.6) is 5.75 Å². The molecule has 2 aromatic rings. The molecule has 150 valence electrons. The van der Waals surface area contributed by atoms with Crippen molar-refractivity contribution >= 4 is 11.6 Å². The zero-order valence-electron chi connectivity index (χ0n) is 16.6. The third-order valence-electron chi connectivity index (χ3n) is 5.37. The van der Waals surface area contributed by atoms with Crippen LogP contribution in [0, 0.1) is 0 Å². The Morgan fingerprint density at radius 1 is 1.04 bits per heavy atom. The maximum Gasteiger partial charge on any atom is 0.241 e. The van der Waals surface area contributed by atoms with Gasteiger partial charge in [-0.15, -0.1) is 0 Å². The summed E-state index contributed by atoms with van der Waals surface area (Å²) in [6.45, 7) is 0.871. The van der Waals surface area contributed by atoms with Crippen molar-refractivity contribution in [3.05, 3.63) is 59.7 Å². The first-order valence-electron chi connectivity index (χ1n) is 10.2. The van der Waals surface area contributed by atoms with Gasteiger partial charge < -0.3 is 21.1 Å². The molecule has 5 heteroatoms. The molecule has 0 spiro atoms. The van der Waals surface area contributed by atoms with E-state index in [1.54, 1.807) is 7.11 Å². The molecule has 5 nitrogen and oxygen atoms in total. The van der Waals surface area contributed by atoms with Crippen molar-refractivity contribution in [1.29, 1.82) is 0 Å². The predicted molar refractivity (Wildman–Crippen MR) is 113 cm³/mol. The van der Waals surface area contributed by atoms with Gasteiger partial charge >= 0.3 is 0 Å². The average Bonchev–Trinajstić information content (AvgIpc) is 2.74. The summed E-state index contributed by atoms with van der Waals surface area (Å²) in [4.78, 5) is 12.4. The van der Waals surface area contributed by atoms with Gasteiger partial charge in [-0.1, -0.05) is 43.5 Å². The van der Waals surface area contributed by atoms with E-state index in [4.69, 9.17) is 10.5 Å². The molecule has 0 heterocycles. The van der Waals surface area contributed by atoms with Gasteiger partial charge in [0, 0.05) is 18.3 Å². The van der Waals surface area contributed by atoms with Crippen molar-refractivity contribution in [3.8, 4) is 5.75 Å². The second-order valence-corrected chi connectivity index (χ2v) is 7.56. The standard InChI is InChI=1S/C23H31N3O2/c1-28-21-13-9-17(10-14-21)15-22(24)23(27)26-20-11-7-18(8-12-20)16-25-19-5-3-2-4-6-19/h7-14,19,22,25H,2-6,15-16,24H2,1H3,(H,26,27). The van der Waals surface area contributed by atoms with Gasteiger partial charge in [0.15, 0.2) is 0 Å². The molecule has 0 aromatic heterocycles. The van der Waals surface area contributed by atoms with Gasteiger partial charge in [0.2, 0.25) is 5.91 Å². The van der Waals surface area contributed by atoms with Crippen molar-refractivity contribution in [1.82, 2.24) is 5.32 Å². The quantitative estimate of drug-likeness (QED) is 0.653. The second-order valence-electron chi connectivity index (χ2n) is 7.56. The summed E-state index contributed by atoms with van der Waals surface area (Å²) in [5, 5.41) is 6.54. The topological polar surface area (TPSA) is 76.4 Å². The van der Waals surface area contributed by atoms with Crippen molar-refractivity contribution in [2.75, 3.05) is 12.4 Å². The molecule has 0 aliphatic heterocycles. The summed E-state index contributed by atoms with van der Waals surface area (Å²) in [6.07, 6.45) is 7.08. The van der Waals surface area contributed by atoms with E-state index in [-0.39, 0.29) is 5.91 Å². The fraction of sp³-hybridized carbons (Fsp3) is 0.435. The summed E-state index contributed by atoms with van der Waals surface area (Å²) >= 11 is 0. The van der Waals surface area contributed by atoms with E-state index in [0.717, 1.165) is 23.5 Å². The van der Waals surface area contributed by atoms with Gasteiger partial charge in [0.25, 0.3) is 0 Å². The number of rotatable bonds is 8. The van der Waals surface area contributed by atoms with E-state index in [1.807, 2.05) is 36.4 Å². The fourth-order valence-corrected chi connectivity index (χ4v) is 3.62. The number of methoxy groups -OCH3 is 1. The minimum atomic E-state index is -0.596. The van der Waals surface area contributed by atoms with E-state index in [2.05, 4.69) is 22.8 Å². The minimum Gasteiger partial charge on any atom is -0.497 e. The summed E-state index contributed by atoms with van der Waals surface area (Å²) in [7, 11) is 1.63. The lowest BCUT2D eigenvalue weighted by Gasteiger charge is -2.22. The van der Waals surface area contributed by atoms with Crippen molar-refractivity contribution in [2.24, 2.45) is 5.73 Å². The Morgan fingerprint density at radius 2 is 1.68 bits per heavy atom. The summed E-state index contributed by atoms with van der Waals surface area (Å²) in [5.41, 5.74) is 9.08. The highest BCUT2D eigenvalue weighted by molar-refractivity contribution is 5.94. The van der Waals surface area contributed by atoms with Crippen molar-refractivity contribution < 1.29 is 9.53 Å². The molecule has 4 N–H and O–H groups in total. The van der Waals surface area contributed by atoms with Gasteiger partial charge in [0.05, 0.1) is 13.2 Å². The number of hydrogen-bond acceptors (Lipinski definition) is 4. The van der Waals surface area contributed by atoms with Crippen LogP contribution >= 0.6 is 0 Å². The molecule has 1 saturated carbocycles. The second kappa shape index (κ2) is 10.2. The van der Waals surface area contributed by atoms with Crippen molar-refractivity contribution in [3.63, 3.8) is 0 Å². The third-order valence-corrected chi connectivity index (χ3v) is 5.37. The Balaban J connectivity index is 1.46. The Bertz CT molecular complexity index is 737. The molecular formula is C23H31N3O2. The van der Waals surface area contributed by atoms with Crippen LogP contribution in [0.3, 0.4) is 0 Å². The highest BCUT2D eigenvalue weighted by atomic mass is 16.5. The Labute approximate surface area is 167 Å². The maximum absolute atomic E-state index is 12.4. The molecule has 1 aliphatic rings. The van der Waals surface area contributed by atoms with Crippen LogP contribution in [-0.2, 0) is 17.8 Å². The molecule has 28 heavy (non-hydrogen) atoms. The number of ether oxygens (including phenoxy) is 1. The zero-order valence-corrected chi connectivity index (χ0v) is 16.6. The Morgan fingerprint density at radius 3 is 2.32 bits per heavy atom. The van der Waals surface area contributed by atoms with Gasteiger partial charge in [-0.2, -0.15) is 0 Å². The normalized spacial score (nSPS) is 15.8. The van der Waals surface area contributed by atoms with Crippen LogP contribution in [0.15, 0.2) is 48.5 Å². The molecule has 1 amide bonds. The van der Waals surface area contributed by atoms with Gasteiger partial charge in [-0.25, -0.2) is 0 Å². The van der Waals surface area contributed by atoms with Crippen molar-refractivity contribution in [2.45, 2.75) is 57.2 Å². The molecule has 1 unspecified atom stereocenters. The molecular weight excluding hydrogens is 350 g/mol. The van der Waals surface area contributed by atoms with Gasteiger partial charge in [-0.05, 0) is 54.7 Å². The van der Waals surface area contributed by atoms with E-state index in [1.165, 1.54) is 37.7 Å². The van der Waals surface area contributed by atoms with Crippen LogP contribution in [0.25, 0.3) is 0 Å². The van der Waals surface area contributed by atoms with Crippen LogP contribution in [0.4, 0.5) is 5.69 Å². The highest BCUT2D eigenvalue weighted by Crippen LogP contribution is 2.18. The van der Waals surface area contributed by atoms with E-state index < -0.39 is 6.04 Å². The number of nitrogens with two attached hydrogens (primary N) is 1. The fourth-order valence-electron chi connectivity index (χ4n) is 3.62. The molecule has 1 aliphatic carbocycles. The third kappa shape index (κ3) is 6.08. The molecule has 3 rings (SSSR count). The van der Waals surface area contributed by atoms with Crippen LogP contribution in [0.1, 0.15) is 43.2 Å². The van der Waals surface area contributed by atoms with Gasteiger partial charge in [0.1, 0.15) is 5.75 Å².